The molecule has 0 amide bonds. The zero-order valence-electron chi connectivity index (χ0n) is 10.2. The first kappa shape index (κ1) is 13.3. The van der Waals surface area contributed by atoms with Gasteiger partial charge in [-0.1, -0.05) is 12.1 Å². The lowest BCUT2D eigenvalue weighted by atomic mass is 9.98. The number of carboxylic acids is 1. The monoisotopic (exact) mass is 235 g/mol. The molecule has 4 nitrogen and oxygen atoms in total. The Morgan fingerprint density at radius 1 is 1.41 bits per heavy atom. The third-order valence-electron chi connectivity index (χ3n) is 2.59. The number of ether oxygens (including phenoxy) is 1. The summed E-state index contributed by atoms with van der Waals surface area (Å²) in [6.07, 6.45) is 2.53. The van der Waals surface area contributed by atoms with Crippen LogP contribution in [0.1, 0.15) is 22.7 Å². The molecule has 0 spiro atoms. The van der Waals surface area contributed by atoms with Crippen molar-refractivity contribution < 1.29 is 14.6 Å². The number of nitrogens with two attached hydrogens (primary N) is 1. The molecule has 1 atom stereocenters. The standard InChI is InChI=1S/C13H17NO3/c1-8-7-12(17-3)9(2)6-10(8)11(14)4-5-13(15)16/h4-7,11H,14H2,1-3H3,(H,15,16)/b5-4+. The zero-order chi connectivity index (χ0) is 13.0. The maximum Gasteiger partial charge on any atom is 0.328 e. The molecule has 0 aromatic heterocycles. The minimum atomic E-state index is -0.997. The quantitative estimate of drug-likeness (QED) is 0.782. The number of hydrogen-bond donors (Lipinski definition) is 2. The maximum absolute atomic E-state index is 10.4. The van der Waals surface area contributed by atoms with Crippen molar-refractivity contribution in [3.63, 3.8) is 0 Å². The van der Waals surface area contributed by atoms with Gasteiger partial charge in [-0.2, -0.15) is 0 Å². The van der Waals surface area contributed by atoms with Crippen molar-refractivity contribution in [1.29, 1.82) is 0 Å². The third kappa shape index (κ3) is 3.32. The van der Waals surface area contributed by atoms with Gasteiger partial charge in [-0.3, -0.25) is 0 Å². The molecule has 92 valence electrons. The Labute approximate surface area is 101 Å². The number of benzene rings is 1. The third-order valence-corrected chi connectivity index (χ3v) is 2.59. The van der Waals surface area contributed by atoms with Gasteiger partial charge in [0.15, 0.2) is 0 Å². The molecule has 1 rings (SSSR count). The molecular formula is C13H17NO3. The fraction of sp³-hybridized carbons (Fsp3) is 0.308. The van der Waals surface area contributed by atoms with Gasteiger partial charge in [-0.25, -0.2) is 4.79 Å². The molecule has 0 heterocycles. The number of methoxy groups -OCH3 is 1. The average Bonchev–Trinajstić information content (AvgIpc) is 2.28. The molecular weight excluding hydrogens is 218 g/mol. The lowest BCUT2D eigenvalue weighted by molar-refractivity contribution is -0.131. The van der Waals surface area contributed by atoms with Crippen molar-refractivity contribution in [2.24, 2.45) is 5.73 Å². The second kappa shape index (κ2) is 5.50. The van der Waals surface area contributed by atoms with E-state index in [1.54, 1.807) is 7.11 Å². The number of carbonyl (C=O) groups is 1. The van der Waals surface area contributed by atoms with Gasteiger partial charge in [0.1, 0.15) is 5.75 Å². The van der Waals surface area contributed by atoms with Crippen LogP contribution in [0.3, 0.4) is 0 Å². The molecule has 4 heteroatoms. The molecule has 0 aliphatic rings. The fourth-order valence-corrected chi connectivity index (χ4v) is 1.68. The summed E-state index contributed by atoms with van der Waals surface area (Å²) >= 11 is 0. The summed E-state index contributed by atoms with van der Waals surface area (Å²) in [6.45, 7) is 3.85. The van der Waals surface area contributed by atoms with Crippen LogP contribution in [-0.4, -0.2) is 18.2 Å². The summed E-state index contributed by atoms with van der Waals surface area (Å²) < 4.78 is 5.21. The van der Waals surface area contributed by atoms with Crippen LogP contribution in [0.15, 0.2) is 24.3 Å². The first-order valence-corrected chi connectivity index (χ1v) is 5.27. The van der Waals surface area contributed by atoms with Gasteiger partial charge in [0, 0.05) is 12.1 Å². The van der Waals surface area contributed by atoms with Gasteiger partial charge in [-0.05, 0) is 36.6 Å². The summed E-state index contributed by atoms with van der Waals surface area (Å²) in [4.78, 5) is 10.4. The van der Waals surface area contributed by atoms with E-state index in [-0.39, 0.29) is 0 Å². The van der Waals surface area contributed by atoms with E-state index in [0.717, 1.165) is 28.5 Å². The first-order chi connectivity index (χ1) is 7.95. The van der Waals surface area contributed by atoms with Crippen LogP contribution in [0.4, 0.5) is 0 Å². The highest BCUT2D eigenvalue weighted by atomic mass is 16.5. The minimum absolute atomic E-state index is 0.421. The van der Waals surface area contributed by atoms with E-state index >= 15 is 0 Å². The van der Waals surface area contributed by atoms with Crippen molar-refractivity contribution in [3.05, 3.63) is 41.0 Å². The van der Waals surface area contributed by atoms with Crippen molar-refractivity contribution in [1.82, 2.24) is 0 Å². The first-order valence-electron chi connectivity index (χ1n) is 5.27. The van der Waals surface area contributed by atoms with Crippen molar-refractivity contribution in [2.75, 3.05) is 7.11 Å². The van der Waals surface area contributed by atoms with Crippen molar-refractivity contribution in [2.45, 2.75) is 19.9 Å². The SMILES string of the molecule is COc1cc(C)c(C(N)/C=C/C(=O)O)cc1C. The zero-order valence-corrected chi connectivity index (χ0v) is 10.2. The Morgan fingerprint density at radius 2 is 2.06 bits per heavy atom. The molecule has 1 unspecified atom stereocenters. The molecule has 0 saturated carbocycles. The van der Waals surface area contributed by atoms with E-state index in [4.69, 9.17) is 15.6 Å². The number of aryl methyl sites for hydroxylation is 2. The molecule has 1 aromatic carbocycles. The van der Waals surface area contributed by atoms with Crippen LogP contribution in [0, 0.1) is 13.8 Å². The van der Waals surface area contributed by atoms with Gasteiger partial charge in [0.05, 0.1) is 7.11 Å². The smallest absolute Gasteiger partial charge is 0.328 e. The predicted molar refractivity (Wildman–Crippen MR) is 66.2 cm³/mol. The molecule has 0 bridgehead atoms. The average molecular weight is 235 g/mol. The second-order valence-corrected chi connectivity index (χ2v) is 3.90. The van der Waals surface area contributed by atoms with Crippen molar-refractivity contribution in [3.8, 4) is 5.75 Å². The van der Waals surface area contributed by atoms with Gasteiger partial charge in [0.2, 0.25) is 0 Å². The van der Waals surface area contributed by atoms with Crippen LogP contribution in [0.2, 0.25) is 0 Å². The van der Waals surface area contributed by atoms with E-state index in [1.165, 1.54) is 6.08 Å². The van der Waals surface area contributed by atoms with Gasteiger partial charge < -0.3 is 15.6 Å². The van der Waals surface area contributed by atoms with Gasteiger partial charge in [0.25, 0.3) is 0 Å². The maximum atomic E-state index is 10.4. The summed E-state index contributed by atoms with van der Waals surface area (Å²) in [7, 11) is 1.62. The number of rotatable bonds is 4. The Kier molecular flexibility index (Phi) is 4.29. The minimum Gasteiger partial charge on any atom is -0.496 e. The van der Waals surface area contributed by atoms with Gasteiger partial charge >= 0.3 is 5.97 Å². The number of hydrogen-bond acceptors (Lipinski definition) is 3. The largest absolute Gasteiger partial charge is 0.496 e. The molecule has 0 aliphatic carbocycles. The normalized spacial score (nSPS) is 12.7. The van der Waals surface area contributed by atoms with Crippen LogP contribution < -0.4 is 10.5 Å². The van der Waals surface area contributed by atoms with E-state index < -0.39 is 12.0 Å². The molecule has 1 aromatic rings. The van der Waals surface area contributed by atoms with E-state index in [2.05, 4.69) is 0 Å². The van der Waals surface area contributed by atoms with Crippen LogP contribution in [-0.2, 0) is 4.79 Å². The molecule has 0 saturated heterocycles. The molecule has 0 radical (unpaired) electrons. The molecule has 0 aliphatic heterocycles. The lowest BCUT2D eigenvalue weighted by Crippen LogP contribution is -2.10. The summed E-state index contributed by atoms with van der Waals surface area (Å²) in [6, 6.07) is 3.40. The Balaban J connectivity index is 3.06. The van der Waals surface area contributed by atoms with Crippen LogP contribution in [0.25, 0.3) is 0 Å². The number of carboxylic acid groups (broad SMARTS) is 1. The molecule has 17 heavy (non-hydrogen) atoms. The van der Waals surface area contributed by atoms with Crippen LogP contribution in [0.5, 0.6) is 5.75 Å². The molecule has 0 fully saturated rings. The van der Waals surface area contributed by atoms with Gasteiger partial charge in [-0.15, -0.1) is 0 Å². The fourth-order valence-electron chi connectivity index (χ4n) is 1.68. The summed E-state index contributed by atoms with van der Waals surface area (Å²) in [5.41, 5.74) is 8.78. The predicted octanol–water partition coefficient (Wildman–Crippen LogP) is 1.95. The number of aliphatic carboxylic acids is 1. The molecule has 3 N–H and O–H groups in total. The summed E-state index contributed by atoms with van der Waals surface area (Å²) in [5, 5.41) is 8.55. The Bertz CT molecular complexity index is 452. The van der Waals surface area contributed by atoms with E-state index in [0.29, 0.717) is 0 Å². The lowest BCUT2D eigenvalue weighted by Gasteiger charge is -2.14. The summed E-state index contributed by atoms with van der Waals surface area (Å²) in [5.74, 6) is -0.191. The van der Waals surface area contributed by atoms with Crippen LogP contribution >= 0.6 is 0 Å². The highest BCUT2D eigenvalue weighted by molar-refractivity contribution is 5.79. The Morgan fingerprint density at radius 3 is 2.59 bits per heavy atom. The Hall–Kier alpha value is -1.81. The second-order valence-electron chi connectivity index (χ2n) is 3.90. The van der Waals surface area contributed by atoms with Crippen molar-refractivity contribution >= 4 is 5.97 Å². The van der Waals surface area contributed by atoms with E-state index in [1.807, 2.05) is 26.0 Å². The topological polar surface area (TPSA) is 72.5 Å². The van der Waals surface area contributed by atoms with E-state index in [9.17, 15) is 4.79 Å². The highest BCUT2D eigenvalue weighted by Gasteiger charge is 2.09. The highest BCUT2D eigenvalue weighted by Crippen LogP contribution is 2.26.